The van der Waals surface area contributed by atoms with E-state index in [2.05, 4.69) is 69.4 Å². The molecule has 0 aromatic heterocycles. The van der Waals surface area contributed by atoms with Gasteiger partial charge in [-0.3, -0.25) is 14.4 Å². The molecule has 1 unspecified atom stereocenters. The third-order valence-corrected chi connectivity index (χ3v) is 15.1. The molecule has 0 amide bonds. The fourth-order valence-corrected chi connectivity index (χ4v) is 9.98. The van der Waals surface area contributed by atoms with Crippen LogP contribution in [0.2, 0.25) is 0 Å². The Morgan fingerprint density at radius 2 is 0.474 bits per heavy atom. The third kappa shape index (κ3) is 62.2. The minimum Gasteiger partial charge on any atom is -0.462 e. The Labute approximate surface area is 473 Å². The maximum absolute atomic E-state index is 12.9. The van der Waals surface area contributed by atoms with Crippen molar-refractivity contribution in [3.05, 3.63) is 48.6 Å². The lowest BCUT2D eigenvalue weighted by atomic mass is 10.0. The molecule has 0 rings (SSSR count). The molecule has 0 fully saturated rings. The van der Waals surface area contributed by atoms with Gasteiger partial charge in [0.05, 0.1) is 0 Å². The van der Waals surface area contributed by atoms with Gasteiger partial charge in [0.2, 0.25) is 0 Å². The number of hydrogen-bond donors (Lipinski definition) is 0. The maximum Gasteiger partial charge on any atom is 0.306 e. The topological polar surface area (TPSA) is 78.9 Å². The summed E-state index contributed by atoms with van der Waals surface area (Å²) in [5.41, 5.74) is 0. The van der Waals surface area contributed by atoms with Crippen LogP contribution in [0.1, 0.15) is 361 Å². The fraction of sp³-hybridized carbons (Fsp3) is 0.843. The quantitative estimate of drug-likeness (QED) is 0.0261. The van der Waals surface area contributed by atoms with E-state index in [-0.39, 0.29) is 31.1 Å². The van der Waals surface area contributed by atoms with Gasteiger partial charge in [-0.15, -0.1) is 0 Å². The molecule has 0 aromatic rings. The highest BCUT2D eigenvalue weighted by Crippen LogP contribution is 2.17. The van der Waals surface area contributed by atoms with E-state index < -0.39 is 6.10 Å². The van der Waals surface area contributed by atoms with Crippen LogP contribution in [0.3, 0.4) is 0 Å². The molecule has 1 atom stereocenters. The molecule has 0 bridgehead atoms. The predicted octanol–water partition coefficient (Wildman–Crippen LogP) is 22.9. The second kappa shape index (κ2) is 64.9. The molecule has 0 aliphatic carbocycles. The minimum absolute atomic E-state index is 0.0760. The average Bonchev–Trinajstić information content (AvgIpc) is 3.42. The molecule has 0 aliphatic rings. The van der Waals surface area contributed by atoms with Gasteiger partial charge in [0.1, 0.15) is 13.2 Å². The van der Waals surface area contributed by atoms with Crippen molar-refractivity contribution in [2.75, 3.05) is 13.2 Å². The number of hydrogen-bond acceptors (Lipinski definition) is 6. The van der Waals surface area contributed by atoms with Crippen molar-refractivity contribution in [3.8, 4) is 0 Å². The molecular formula is C70H128O6. The minimum atomic E-state index is -0.779. The Morgan fingerprint density at radius 3 is 0.750 bits per heavy atom. The first-order chi connectivity index (χ1) is 37.5. The molecule has 6 nitrogen and oxygen atoms in total. The zero-order valence-electron chi connectivity index (χ0n) is 51.0. The molecule has 0 saturated carbocycles. The molecule has 0 radical (unpaired) electrons. The van der Waals surface area contributed by atoms with Crippen LogP contribution >= 0.6 is 0 Å². The van der Waals surface area contributed by atoms with Gasteiger partial charge in [-0.2, -0.15) is 0 Å². The smallest absolute Gasteiger partial charge is 0.306 e. The van der Waals surface area contributed by atoms with Gasteiger partial charge < -0.3 is 14.2 Å². The number of unbranched alkanes of at least 4 members (excludes halogenated alkanes) is 43. The fourth-order valence-electron chi connectivity index (χ4n) is 9.98. The summed E-state index contributed by atoms with van der Waals surface area (Å²) in [5.74, 6) is -0.867. The van der Waals surface area contributed by atoms with Crippen molar-refractivity contribution in [1.82, 2.24) is 0 Å². The van der Waals surface area contributed by atoms with E-state index in [0.717, 1.165) is 83.5 Å². The normalized spacial score (nSPS) is 12.3. The molecule has 6 heteroatoms. The largest absolute Gasteiger partial charge is 0.462 e. The van der Waals surface area contributed by atoms with E-state index in [1.165, 1.54) is 238 Å². The number of esters is 3. The SMILES string of the molecule is CCCCCCC/C=C\C/C=C\C/C=C\CCCCCCCCCCC(=O)OCC(COC(=O)CCCCCCC/C=C\CCCCCCCC)OC(=O)CCCCCCCCCCCCCCCCCCCCCC. The second-order valence-corrected chi connectivity index (χ2v) is 22.7. The molecule has 0 heterocycles. The van der Waals surface area contributed by atoms with E-state index in [1.807, 2.05) is 0 Å². The molecule has 0 saturated heterocycles. The van der Waals surface area contributed by atoms with Gasteiger partial charge in [-0.05, 0) is 83.5 Å². The number of allylic oxidation sites excluding steroid dienone is 8. The number of rotatable bonds is 62. The summed E-state index contributed by atoms with van der Waals surface area (Å²) in [4.78, 5) is 38.4. The molecule has 0 spiro atoms. The standard InChI is InChI=1S/C70H128O6/c1-4-7-10-13-16-19-22-25-28-30-32-34-35-36-38-39-42-45-48-51-54-57-60-63-69(72)75-66-67(65-74-68(71)62-59-56-53-50-47-44-41-27-24-21-18-15-12-9-6-3)76-70(73)64-61-58-55-52-49-46-43-40-37-33-31-29-26-23-20-17-14-11-8-5-2/h22,25,27,30,32,35-36,41,67H,4-21,23-24,26,28-29,31,33-34,37-40,42-66H2,1-3H3/b25-22-,32-30-,36-35-,41-27-. The van der Waals surface area contributed by atoms with Crippen LogP contribution in [0.4, 0.5) is 0 Å². The zero-order valence-corrected chi connectivity index (χ0v) is 51.0. The van der Waals surface area contributed by atoms with Gasteiger partial charge in [0.15, 0.2) is 6.10 Å². The summed E-state index contributed by atoms with van der Waals surface area (Å²) in [5, 5.41) is 0. The first-order valence-electron chi connectivity index (χ1n) is 33.6. The highest BCUT2D eigenvalue weighted by Gasteiger charge is 2.19. The van der Waals surface area contributed by atoms with Gasteiger partial charge in [-0.1, -0.05) is 307 Å². The summed E-state index contributed by atoms with van der Waals surface area (Å²) in [6, 6.07) is 0. The van der Waals surface area contributed by atoms with Gasteiger partial charge in [0, 0.05) is 19.3 Å². The van der Waals surface area contributed by atoms with E-state index in [9.17, 15) is 14.4 Å². The van der Waals surface area contributed by atoms with Crippen LogP contribution in [-0.2, 0) is 28.6 Å². The Hall–Kier alpha value is -2.63. The van der Waals surface area contributed by atoms with Crippen LogP contribution in [-0.4, -0.2) is 37.2 Å². The summed E-state index contributed by atoms with van der Waals surface area (Å²) < 4.78 is 17.0. The molecule has 444 valence electrons. The monoisotopic (exact) mass is 1060 g/mol. The third-order valence-electron chi connectivity index (χ3n) is 15.1. The average molecular weight is 1070 g/mol. The van der Waals surface area contributed by atoms with E-state index >= 15 is 0 Å². The Kier molecular flexibility index (Phi) is 62.6. The maximum atomic E-state index is 12.9. The predicted molar refractivity (Wildman–Crippen MR) is 330 cm³/mol. The van der Waals surface area contributed by atoms with Crippen molar-refractivity contribution in [2.24, 2.45) is 0 Å². The first kappa shape index (κ1) is 73.4. The van der Waals surface area contributed by atoms with Crippen LogP contribution in [0.5, 0.6) is 0 Å². The summed E-state index contributed by atoms with van der Waals surface area (Å²) in [6.07, 6.45) is 81.2. The summed E-state index contributed by atoms with van der Waals surface area (Å²) >= 11 is 0. The summed E-state index contributed by atoms with van der Waals surface area (Å²) in [7, 11) is 0. The van der Waals surface area contributed by atoms with E-state index in [1.54, 1.807) is 0 Å². The van der Waals surface area contributed by atoms with Crippen LogP contribution < -0.4 is 0 Å². The van der Waals surface area contributed by atoms with Crippen LogP contribution in [0.15, 0.2) is 48.6 Å². The molecule has 0 aromatic carbocycles. The lowest BCUT2D eigenvalue weighted by molar-refractivity contribution is -0.167. The molecule has 0 aliphatic heterocycles. The Balaban J connectivity index is 4.33. The Morgan fingerprint density at radius 1 is 0.263 bits per heavy atom. The lowest BCUT2D eigenvalue weighted by Gasteiger charge is -2.18. The zero-order chi connectivity index (χ0) is 55.0. The second-order valence-electron chi connectivity index (χ2n) is 22.7. The van der Waals surface area contributed by atoms with Crippen molar-refractivity contribution in [1.29, 1.82) is 0 Å². The van der Waals surface area contributed by atoms with E-state index in [4.69, 9.17) is 14.2 Å². The van der Waals surface area contributed by atoms with Gasteiger partial charge >= 0.3 is 17.9 Å². The molecule has 0 N–H and O–H groups in total. The lowest BCUT2D eigenvalue weighted by Crippen LogP contribution is -2.30. The first-order valence-corrected chi connectivity index (χ1v) is 33.6. The number of ether oxygens (including phenoxy) is 3. The summed E-state index contributed by atoms with van der Waals surface area (Å²) in [6.45, 7) is 6.67. The number of carbonyl (C=O) groups excluding carboxylic acids is 3. The van der Waals surface area contributed by atoms with Crippen LogP contribution in [0, 0.1) is 0 Å². The molecular weight excluding hydrogens is 937 g/mol. The highest BCUT2D eigenvalue weighted by molar-refractivity contribution is 5.71. The van der Waals surface area contributed by atoms with Crippen molar-refractivity contribution < 1.29 is 28.6 Å². The van der Waals surface area contributed by atoms with Crippen molar-refractivity contribution in [2.45, 2.75) is 367 Å². The van der Waals surface area contributed by atoms with Crippen LogP contribution in [0.25, 0.3) is 0 Å². The molecule has 76 heavy (non-hydrogen) atoms. The highest BCUT2D eigenvalue weighted by atomic mass is 16.6. The van der Waals surface area contributed by atoms with Gasteiger partial charge in [0.25, 0.3) is 0 Å². The van der Waals surface area contributed by atoms with Gasteiger partial charge in [-0.25, -0.2) is 0 Å². The Bertz CT molecular complexity index is 1310. The van der Waals surface area contributed by atoms with E-state index in [0.29, 0.717) is 19.3 Å². The number of carbonyl (C=O) groups is 3. The van der Waals surface area contributed by atoms with Crippen molar-refractivity contribution in [3.63, 3.8) is 0 Å². The van der Waals surface area contributed by atoms with Crippen molar-refractivity contribution >= 4 is 17.9 Å².